The smallest absolute Gasteiger partial charge is 0.228 e. The molecule has 3 aromatic heterocycles. The van der Waals surface area contributed by atoms with Crippen LogP contribution in [0.2, 0.25) is 0 Å². The van der Waals surface area contributed by atoms with E-state index in [1.165, 1.54) is 31.3 Å². The van der Waals surface area contributed by atoms with E-state index in [-0.39, 0.29) is 0 Å². The molecule has 2 aliphatic heterocycles. The lowest BCUT2D eigenvalue weighted by Crippen LogP contribution is -2.37. The van der Waals surface area contributed by atoms with Crippen LogP contribution in [-0.4, -0.2) is 75.6 Å². The molecule has 160 valence electrons. The summed E-state index contributed by atoms with van der Waals surface area (Å²) >= 11 is 0. The normalized spacial score (nSPS) is 17.9. The van der Waals surface area contributed by atoms with Crippen molar-refractivity contribution in [1.82, 2.24) is 29.6 Å². The fourth-order valence-electron chi connectivity index (χ4n) is 4.75. The third-order valence-corrected chi connectivity index (χ3v) is 6.46. The summed E-state index contributed by atoms with van der Waals surface area (Å²) < 4.78 is 7.61. The van der Waals surface area contributed by atoms with Crippen LogP contribution < -0.4 is 4.90 Å². The highest BCUT2D eigenvalue weighted by Crippen LogP contribution is 2.33. The lowest BCUT2D eigenvalue weighted by Gasteiger charge is -2.27. The number of anilines is 1. The number of nitrogens with zero attached hydrogens (tertiary/aromatic N) is 6. The molecule has 2 aliphatic rings. The predicted octanol–water partition coefficient (Wildman–Crippen LogP) is 2.91. The molecule has 1 N–H and O–H groups in total. The number of aromatic nitrogens is 5. The third kappa shape index (κ3) is 3.45. The molecule has 0 saturated carbocycles. The molecule has 0 bridgehead atoms. The van der Waals surface area contributed by atoms with Crippen LogP contribution in [0.15, 0.2) is 36.7 Å². The first kappa shape index (κ1) is 18.8. The molecule has 1 aromatic carbocycles. The van der Waals surface area contributed by atoms with E-state index in [1.807, 2.05) is 12.4 Å². The van der Waals surface area contributed by atoms with Gasteiger partial charge in [-0.1, -0.05) is 12.1 Å². The highest BCUT2D eigenvalue weighted by atomic mass is 16.5. The Morgan fingerprint density at radius 3 is 2.68 bits per heavy atom. The molecule has 5 heterocycles. The van der Waals surface area contributed by atoms with Crippen LogP contribution in [0.25, 0.3) is 33.2 Å². The maximum absolute atomic E-state index is 5.55. The summed E-state index contributed by atoms with van der Waals surface area (Å²) in [5.41, 5.74) is 4.08. The van der Waals surface area contributed by atoms with Crippen LogP contribution >= 0.6 is 0 Å². The number of H-pyrrole nitrogens is 1. The van der Waals surface area contributed by atoms with Gasteiger partial charge in [0.15, 0.2) is 5.65 Å². The molecular formula is C23H27N7O. The zero-order valence-corrected chi connectivity index (χ0v) is 17.6. The fraction of sp³-hybridized carbons (Fsp3) is 0.435. The third-order valence-electron chi connectivity index (χ3n) is 6.46. The van der Waals surface area contributed by atoms with Crippen LogP contribution in [0.5, 0.6) is 0 Å². The summed E-state index contributed by atoms with van der Waals surface area (Å²) in [4.78, 5) is 18.1. The van der Waals surface area contributed by atoms with E-state index < -0.39 is 0 Å². The molecule has 4 aromatic rings. The molecule has 0 amide bonds. The number of likely N-dealkylation sites (tertiary alicyclic amines) is 1. The quantitative estimate of drug-likeness (QED) is 0.538. The van der Waals surface area contributed by atoms with Gasteiger partial charge in [0.2, 0.25) is 5.95 Å². The molecule has 0 spiro atoms. The molecule has 6 rings (SSSR count). The van der Waals surface area contributed by atoms with Crippen molar-refractivity contribution in [3.05, 3.63) is 36.7 Å². The van der Waals surface area contributed by atoms with Gasteiger partial charge >= 0.3 is 0 Å². The molecule has 0 atom stereocenters. The maximum Gasteiger partial charge on any atom is 0.228 e. The van der Waals surface area contributed by atoms with Gasteiger partial charge in [0, 0.05) is 42.3 Å². The van der Waals surface area contributed by atoms with Gasteiger partial charge in [0.25, 0.3) is 0 Å². The number of morpholine rings is 1. The van der Waals surface area contributed by atoms with E-state index >= 15 is 0 Å². The monoisotopic (exact) mass is 417 g/mol. The van der Waals surface area contributed by atoms with Gasteiger partial charge in [-0.25, -0.2) is 9.67 Å². The summed E-state index contributed by atoms with van der Waals surface area (Å²) in [6.45, 7) is 7.26. The van der Waals surface area contributed by atoms with Gasteiger partial charge in [0.1, 0.15) is 0 Å². The molecule has 8 heteroatoms. The van der Waals surface area contributed by atoms with Crippen LogP contribution in [0.1, 0.15) is 12.8 Å². The van der Waals surface area contributed by atoms with Gasteiger partial charge in [-0.2, -0.15) is 10.1 Å². The zero-order chi connectivity index (χ0) is 20.6. The van der Waals surface area contributed by atoms with E-state index in [4.69, 9.17) is 19.8 Å². The Morgan fingerprint density at radius 2 is 1.81 bits per heavy atom. The van der Waals surface area contributed by atoms with Crippen molar-refractivity contribution in [1.29, 1.82) is 0 Å². The Bertz CT molecular complexity index is 1200. The first-order valence-corrected chi connectivity index (χ1v) is 11.2. The lowest BCUT2D eigenvalue weighted by atomic mass is 10.0. The molecule has 0 aliphatic carbocycles. The highest BCUT2D eigenvalue weighted by Gasteiger charge is 2.21. The molecule has 2 fully saturated rings. The summed E-state index contributed by atoms with van der Waals surface area (Å²) in [6.07, 6.45) is 6.51. The van der Waals surface area contributed by atoms with Crippen molar-refractivity contribution in [3.63, 3.8) is 0 Å². The Kier molecular flexibility index (Phi) is 4.81. The van der Waals surface area contributed by atoms with Crippen molar-refractivity contribution in [3.8, 4) is 11.3 Å². The highest BCUT2D eigenvalue weighted by molar-refractivity contribution is 6.01. The summed E-state index contributed by atoms with van der Waals surface area (Å²) in [5.74, 6) is 0.765. The zero-order valence-electron chi connectivity index (χ0n) is 17.6. The first-order valence-electron chi connectivity index (χ1n) is 11.2. The van der Waals surface area contributed by atoms with Crippen molar-refractivity contribution in [2.24, 2.45) is 0 Å². The van der Waals surface area contributed by atoms with Crippen molar-refractivity contribution >= 4 is 27.9 Å². The van der Waals surface area contributed by atoms with Crippen molar-refractivity contribution < 1.29 is 4.74 Å². The van der Waals surface area contributed by atoms with Gasteiger partial charge in [0.05, 0.1) is 37.0 Å². The largest absolute Gasteiger partial charge is 0.378 e. The van der Waals surface area contributed by atoms with E-state index in [0.717, 1.165) is 59.9 Å². The Morgan fingerprint density at radius 1 is 0.935 bits per heavy atom. The van der Waals surface area contributed by atoms with Crippen LogP contribution in [0, 0.1) is 0 Å². The Balaban J connectivity index is 1.47. The number of benzene rings is 1. The van der Waals surface area contributed by atoms with Crippen LogP contribution in [0.4, 0.5) is 5.95 Å². The molecule has 31 heavy (non-hydrogen) atoms. The van der Waals surface area contributed by atoms with Gasteiger partial charge in [-0.15, -0.1) is 0 Å². The van der Waals surface area contributed by atoms with Crippen molar-refractivity contribution in [2.75, 3.05) is 50.8 Å². The first-order chi connectivity index (χ1) is 15.4. The fourth-order valence-corrected chi connectivity index (χ4v) is 4.75. The SMILES string of the molecule is c1cc(-c2nc(N3CCOCC3)nc3c2cnn3CCN2CCCC2)c2cc[nH]c2c1. The second-order valence-corrected chi connectivity index (χ2v) is 8.37. The van der Waals surface area contributed by atoms with E-state index in [1.54, 1.807) is 0 Å². The molecule has 0 radical (unpaired) electrons. The van der Waals surface area contributed by atoms with E-state index in [2.05, 4.69) is 43.7 Å². The van der Waals surface area contributed by atoms with Gasteiger partial charge in [-0.3, -0.25) is 0 Å². The number of hydrogen-bond donors (Lipinski definition) is 1. The second kappa shape index (κ2) is 7.94. The van der Waals surface area contributed by atoms with E-state index in [9.17, 15) is 0 Å². The van der Waals surface area contributed by atoms with Gasteiger partial charge < -0.3 is 19.5 Å². The number of nitrogens with one attached hydrogen (secondary N) is 1. The molecule has 2 saturated heterocycles. The number of ether oxygens (including phenoxy) is 1. The molecule has 8 nitrogen and oxygen atoms in total. The van der Waals surface area contributed by atoms with Crippen molar-refractivity contribution in [2.45, 2.75) is 19.4 Å². The maximum atomic E-state index is 5.55. The average molecular weight is 418 g/mol. The lowest BCUT2D eigenvalue weighted by molar-refractivity contribution is 0.122. The Hall–Kier alpha value is -2.97. The average Bonchev–Trinajstić information content (AvgIpc) is 3.58. The second-order valence-electron chi connectivity index (χ2n) is 8.37. The number of aromatic amines is 1. The summed E-state index contributed by atoms with van der Waals surface area (Å²) in [6, 6.07) is 8.43. The van der Waals surface area contributed by atoms with E-state index in [0.29, 0.717) is 13.2 Å². The molecular weight excluding hydrogens is 390 g/mol. The van der Waals surface area contributed by atoms with Crippen LogP contribution in [-0.2, 0) is 11.3 Å². The summed E-state index contributed by atoms with van der Waals surface area (Å²) in [7, 11) is 0. The van der Waals surface area contributed by atoms with Gasteiger partial charge in [-0.05, 0) is 38.1 Å². The standard InChI is InChI=1S/C23H27N7O/c1-2-9-28(8-1)10-11-30-22-19(16-25-30)21(18-4-3-5-20-17(18)6-7-24-20)26-23(27-22)29-12-14-31-15-13-29/h3-7,16,24H,1-2,8-15H2. The number of fused-ring (bicyclic) bond motifs is 2. The number of rotatable bonds is 5. The van der Waals surface area contributed by atoms with Crippen LogP contribution in [0.3, 0.4) is 0 Å². The Labute approximate surface area is 180 Å². The minimum Gasteiger partial charge on any atom is -0.378 e. The molecule has 0 unspecified atom stereocenters. The number of hydrogen-bond acceptors (Lipinski definition) is 6. The summed E-state index contributed by atoms with van der Waals surface area (Å²) in [5, 5.41) is 6.91. The topological polar surface area (TPSA) is 75.1 Å². The minimum atomic E-state index is 0.707. The predicted molar refractivity (Wildman–Crippen MR) is 121 cm³/mol. The minimum absolute atomic E-state index is 0.707.